The number of hydrogen-bond acceptors (Lipinski definition) is 4. The van der Waals surface area contributed by atoms with Crippen LogP contribution in [0.1, 0.15) is 18.7 Å². The van der Waals surface area contributed by atoms with Crippen LogP contribution in [0, 0.1) is 5.92 Å². The fourth-order valence-electron chi connectivity index (χ4n) is 0.919. The maximum absolute atomic E-state index is 11.2. The molecule has 0 radical (unpaired) electrons. The summed E-state index contributed by atoms with van der Waals surface area (Å²) in [6.07, 6.45) is 1.60. The molecule has 0 aliphatic rings. The first kappa shape index (κ1) is 12.7. The van der Waals surface area contributed by atoms with Gasteiger partial charge < -0.3 is 10.2 Å². The summed E-state index contributed by atoms with van der Waals surface area (Å²) >= 11 is 1.57. The topological polar surface area (TPSA) is 50.7 Å². The van der Waals surface area contributed by atoms with E-state index in [1.807, 2.05) is 31.4 Å². The molecule has 1 rings (SSSR count). The van der Waals surface area contributed by atoms with Gasteiger partial charge in [-0.3, -0.25) is 4.79 Å². The summed E-state index contributed by atoms with van der Waals surface area (Å²) in [5.41, 5.74) is 0. The van der Waals surface area contributed by atoms with Gasteiger partial charge in [-0.25, -0.2) is 0 Å². The third-order valence-electron chi connectivity index (χ3n) is 1.70. The molecule has 0 saturated heterocycles. The number of carbonyl (C=O) groups is 1. The van der Waals surface area contributed by atoms with Crippen molar-refractivity contribution < 1.29 is 9.63 Å². The maximum Gasteiger partial charge on any atom is 0.260 e. The summed E-state index contributed by atoms with van der Waals surface area (Å²) in [6, 6.07) is 3.86. The van der Waals surface area contributed by atoms with Crippen LogP contribution >= 0.6 is 11.3 Å². The molecule has 5 heteroatoms. The lowest BCUT2D eigenvalue weighted by molar-refractivity contribution is -0.125. The SMILES string of the molecule is CC(C)CNC(=O)CO/N=C/c1cccs1. The number of thiophene rings is 1. The number of nitrogens with one attached hydrogen (secondary N) is 1. The first-order valence-electron chi connectivity index (χ1n) is 5.14. The lowest BCUT2D eigenvalue weighted by atomic mass is 10.2. The Balaban J connectivity index is 2.13. The van der Waals surface area contributed by atoms with Crippen molar-refractivity contribution in [3.8, 4) is 0 Å². The second-order valence-electron chi connectivity index (χ2n) is 3.72. The predicted octanol–water partition coefficient (Wildman–Crippen LogP) is 1.87. The van der Waals surface area contributed by atoms with Gasteiger partial charge in [0.1, 0.15) is 0 Å². The molecule has 4 nitrogen and oxygen atoms in total. The number of oxime groups is 1. The van der Waals surface area contributed by atoms with E-state index in [2.05, 4.69) is 10.5 Å². The third-order valence-corrected chi connectivity index (χ3v) is 2.51. The Bertz CT molecular complexity index is 334. The molecule has 0 saturated carbocycles. The first-order chi connectivity index (χ1) is 7.68. The second kappa shape index (κ2) is 7.00. The Morgan fingerprint density at radius 3 is 3.12 bits per heavy atom. The van der Waals surface area contributed by atoms with Gasteiger partial charge >= 0.3 is 0 Å². The van der Waals surface area contributed by atoms with Crippen LogP contribution in [-0.4, -0.2) is 25.3 Å². The Morgan fingerprint density at radius 2 is 2.50 bits per heavy atom. The van der Waals surface area contributed by atoms with E-state index in [0.29, 0.717) is 12.5 Å². The van der Waals surface area contributed by atoms with Crippen LogP contribution in [0.4, 0.5) is 0 Å². The van der Waals surface area contributed by atoms with Crippen molar-refractivity contribution in [3.63, 3.8) is 0 Å². The number of amides is 1. The molecule has 0 aliphatic heterocycles. The molecule has 0 fully saturated rings. The quantitative estimate of drug-likeness (QED) is 0.609. The number of carbonyl (C=O) groups excluding carboxylic acids is 1. The molecule has 1 heterocycles. The molecule has 16 heavy (non-hydrogen) atoms. The van der Waals surface area contributed by atoms with Crippen molar-refractivity contribution in [1.82, 2.24) is 5.32 Å². The van der Waals surface area contributed by atoms with Crippen LogP contribution in [0.25, 0.3) is 0 Å². The van der Waals surface area contributed by atoms with E-state index < -0.39 is 0 Å². The smallest absolute Gasteiger partial charge is 0.260 e. The minimum absolute atomic E-state index is 0.0331. The molecule has 1 aromatic heterocycles. The predicted molar refractivity (Wildman–Crippen MR) is 65.7 cm³/mol. The van der Waals surface area contributed by atoms with Gasteiger partial charge in [0.25, 0.3) is 5.91 Å². The zero-order valence-corrected chi connectivity index (χ0v) is 10.3. The summed E-state index contributed by atoms with van der Waals surface area (Å²) in [7, 11) is 0. The second-order valence-corrected chi connectivity index (χ2v) is 4.70. The van der Waals surface area contributed by atoms with Gasteiger partial charge in [-0.05, 0) is 17.4 Å². The fraction of sp³-hybridized carbons (Fsp3) is 0.455. The van der Waals surface area contributed by atoms with Gasteiger partial charge in [0.2, 0.25) is 0 Å². The Hall–Kier alpha value is -1.36. The van der Waals surface area contributed by atoms with Crippen molar-refractivity contribution >= 4 is 23.5 Å². The maximum atomic E-state index is 11.2. The molecule has 1 amide bonds. The Kier molecular flexibility index (Phi) is 5.56. The summed E-state index contributed by atoms with van der Waals surface area (Å²) < 4.78 is 0. The average molecular weight is 240 g/mol. The lowest BCUT2D eigenvalue weighted by Gasteiger charge is -2.05. The highest BCUT2D eigenvalue weighted by molar-refractivity contribution is 7.11. The van der Waals surface area contributed by atoms with Crippen molar-refractivity contribution in [3.05, 3.63) is 22.4 Å². The van der Waals surface area contributed by atoms with E-state index in [4.69, 9.17) is 4.84 Å². The molecule has 0 aliphatic carbocycles. The summed E-state index contributed by atoms with van der Waals surface area (Å²) in [6.45, 7) is 4.71. The van der Waals surface area contributed by atoms with Gasteiger partial charge in [0, 0.05) is 11.4 Å². The van der Waals surface area contributed by atoms with E-state index >= 15 is 0 Å². The molecule has 0 aromatic carbocycles. The largest absolute Gasteiger partial charge is 0.386 e. The van der Waals surface area contributed by atoms with Crippen LogP contribution in [-0.2, 0) is 9.63 Å². The fourth-order valence-corrected chi connectivity index (χ4v) is 1.49. The van der Waals surface area contributed by atoms with E-state index in [1.54, 1.807) is 17.6 Å². The van der Waals surface area contributed by atoms with Crippen molar-refractivity contribution in [2.75, 3.05) is 13.2 Å². The van der Waals surface area contributed by atoms with E-state index in [0.717, 1.165) is 4.88 Å². The molecule has 0 bridgehead atoms. The van der Waals surface area contributed by atoms with Crippen LogP contribution in [0.15, 0.2) is 22.7 Å². The van der Waals surface area contributed by atoms with Crippen LogP contribution in [0.2, 0.25) is 0 Å². The highest BCUT2D eigenvalue weighted by Crippen LogP contribution is 2.04. The molecule has 0 atom stereocenters. The zero-order valence-electron chi connectivity index (χ0n) is 9.47. The van der Waals surface area contributed by atoms with E-state index in [-0.39, 0.29) is 12.5 Å². The van der Waals surface area contributed by atoms with E-state index in [1.165, 1.54) is 0 Å². The minimum Gasteiger partial charge on any atom is -0.386 e. The normalized spacial score (nSPS) is 10.9. The number of nitrogens with zero attached hydrogens (tertiary/aromatic N) is 1. The molecule has 1 N–H and O–H groups in total. The summed E-state index contributed by atoms with van der Waals surface area (Å²) in [5.74, 6) is 0.301. The summed E-state index contributed by atoms with van der Waals surface area (Å²) in [5, 5.41) is 8.40. The van der Waals surface area contributed by atoms with Crippen LogP contribution < -0.4 is 5.32 Å². The van der Waals surface area contributed by atoms with Crippen molar-refractivity contribution in [2.24, 2.45) is 11.1 Å². The van der Waals surface area contributed by atoms with Crippen LogP contribution in [0.5, 0.6) is 0 Å². The molecule has 1 aromatic rings. The molecular weight excluding hydrogens is 224 g/mol. The van der Waals surface area contributed by atoms with Gasteiger partial charge in [-0.15, -0.1) is 11.3 Å². The molecule has 88 valence electrons. The first-order valence-corrected chi connectivity index (χ1v) is 6.02. The highest BCUT2D eigenvalue weighted by Gasteiger charge is 2.01. The van der Waals surface area contributed by atoms with Gasteiger partial charge in [-0.1, -0.05) is 25.1 Å². The van der Waals surface area contributed by atoms with Gasteiger partial charge in [-0.2, -0.15) is 0 Å². The van der Waals surface area contributed by atoms with Gasteiger partial charge in [0.05, 0.1) is 6.21 Å². The lowest BCUT2D eigenvalue weighted by Crippen LogP contribution is -2.30. The number of hydrogen-bond donors (Lipinski definition) is 1. The van der Waals surface area contributed by atoms with Crippen LogP contribution in [0.3, 0.4) is 0 Å². The monoisotopic (exact) mass is 240 g/mol. The van der Waals surface area contributed by atoms with Crippen molar-refractivity contribution in [2.45, 2.75) is 13.8 Å². The van der Waals surface area contributed by atoms with E-state index in [9.17, 15) is 4.79 Å². The summed E-state index contributed by atoms with van der Waals surface area (Å²) in [4.78, 5) is 17.1. The Morgan fingerprint density at radius 1 is 1.69 bits per heavy atom. The third kappa shape index (κ3) is 5.50. The average Bonchev–Trinajstić information content (AvgIpc) is 2.74. The molecule has 0 spiro atoms. The zero-order chi connectivity index (χ0) is 11.8. The number of rotatable bonds is 6. The molecule has 0 unspecified atom stereocenters. The van der Waals surface area contributed by atoms with Gasteiger partial charge in [0.15, 0.2) is 6.61 Å². The minimum atomic E-state index is -0.142. The molecular formula is C11H16N2O2S. The van der Waals surface area contributed by atoms with Crippen molar-refractivity contribution in [1.29, 1.82) is 0 Å². The Labute approximate surface area is 99.3 Å². The highest BCUT2D eigenvalue weighted by atomic mass is 32.1. The standard InChI is InChI=1S/C11H16N2O2S/c1-9(2)6-12-11(14)8-15-13-7-10-4-3-5-16-10/h3-5,7,9H,6,8H2,1-2H3,(H,12,14)/b13-7+.